The Bertz CT molecular complexity index is 1200. The van der Waals surface area contributed by atoms with Crippen molar-refractivity contribution in [2.75, 3.05) is 6.54 Å². The lowest BCUT2D eigenvalue weighted by Crippen LogP contribution is -2.23. The normalized spacial score (nSPS) is 11.0. The van der Waals surface area contributed by atoms with Crippen molar-refractivity contribution >= 4 is 15.9 Å². The fraction of sp³-hybridized carbons (Fsp3) is 0.111. The number of halogens is 1. The van der Waals surface area contributed by atoms with E-state index in [9.17, 15) is 17.6 Å². The standard InChI is InChI=1S/C18H14FN5O4S/c19-15-3-1-2-4-16(15)24-17(9-12(23-24)7-8-21-18(25)26)29(27,28)14-6-5-13(10-20)22-11-14/h1-6,9,11,21H,7-8H2,(H,25,26). The summed E-state index contributed by atoms with van der Waals surface area (Å²) in [6.45, 7) is 0.00152. The van der Waals surface area contributed by atoms with Crippen LogP contribution in [0.25, 0.3) is 5.69 Å². The van der Waals surface area contributed by atoms with Gasteiger partial charge in [0.05, 0.1) is 10.6 Å². The monoisotopic (exact) mass is 415 g/mol. The highest BCUT2D eigenvalue weighted by atomic mass is 32.2. The molecule has 0 aliphatic heterocycles. The molecule has 0 aliphatic rings. The highest BCUT2D eigenvalue weighted by Gasteiger charge is 2.26. The SMILES string of the molecule is N#Cc1ccc(S(=O)(=O)c2cc(CCNC(=O)O)nn2-c2ccccc2F)cn1. The molecule has 2 aromatic heterocycles. The molecule has 0 atom stereocenters. The number of nitriles is 1. The van der Waals surface area contributed by atoms with Crippen LogP contribution < -0.4 is 5.32 Å². The van der Waals surface area contributed by atoms with Gasteiger partial charge in [-0.15, -0.1) is 0 Å². The molecule has 2 N–H and O–H groups in total. The first-order valence-corrected chi connectivity index (χ1v) is 9.73. The number of sulfone groups is 1. The maximum Gasteiger partial charge on any atom is 0.404 e. The van der Waals surface area contributed by atoms with Crippen LogP contribution in [0, 0.1) is 17.1 Å². The van der Waals surface area contributed by atoms with E-state index in [-0.39, 0.29) is 40.0 Å². The van der Waals surface area contributed by atoms with Crippen molar-refractivity contribution in [1.29, 1.82) is 5.26 Å². The molecule has 0 fully saturated rings. The Morgan fingerprint density at radius 1 is 1.28 bits per heavy atom. The molecule has 2 heterocycles. The highest BCUT2D eigenvalue weighted by molar-refractivity contribution is 7.91. The number of carbonyl (C=O) groups is 1. The number of amides is 1. The number of hydrogen-bond acceptors (Lipinski definition) is 6. The molecule has 0 saturated carbocycles. The molecule has 0 saturated heterocycles. The van der Waals surface area contributed by atoms with E-state index in [1.807, 2.05) is 0 Å². The van der Waals surface area contributed by atoms with E-state index in [1.54, 1.807) is 6.07 Å². The topological polar surface area (TPSA) is 138 Å². The first-order chi connectivity index (χ1) is 13.8. The van der Waals surface area contributed by atoms with E-state index < -0.39 is 21.7 Å². The van der Waals surface area contributed by atoms with E-state index in [0.717, 1.165) is 10.9 Å². The van der Waals surface area contributed by atoms with Crippen LogP contribution in [0.2, 0.25) is 0 Å². The second kappa shape index (κ2) is 8.07. The molecule has 3 aromatic rings. The number of para-hydroxylation sites is 1. The second-order valence-electron chi connectivity index (χ2n) is 5.81. The molecule has 0 bridgehead atoms. The van der Waals surface area contributed by atoms with E-state index in [0.29, 0.717) is 0 Å². The summed E-state index contributed by atoms with van der Waals surface area (Å²) < 4.78 is 41.5. The number of benzene rings is 1. The molecule has 9 nitrogen and oxygen atoms in total. The van der Waals surface area contributed by atoms with Crippen molar-refractivity contribution in [3.8, 4) is 11.8 Å². The zero-order valence-electron chi connectivity index (χ0n) is 14.8. The number of hydrogen-bond donors (Lipinski definition) is 2. The van der Waals surface area contributed by atoms with Crippen molar-refractivity contribution in [1.82, 2.24) is 20.1 Å². The number of carboxylic acid groups (broad SMARTS) is 1. The predicted octanol–water partition coefficient (Wildman–Crippen LogP) is 1.92. The summed E-state index contributed by atoms with van der Waals surface area (Å²) in [6, 6.07) is 11.1. The van der Waals surface area contributed by atoms with Gasteiger partial charge in [-0.1, -0.05) is 12.1 Å². The third-order valence-electron chi connectivity index (χ3n) is 3.90. The summed E-state index contributed by atoms with van der Waals surface area (Å²) in [7, 11) is -4.15. The summed E-state index contributed by atoms with van der Waals surface area (Å²) in [4.78, 5) is 14.2. The first-order valence-electron chi connectivity index (χ1n) is 8.25. The Morgan fingerprint density at radius 2 is 2.03 bits per heavy atom. The quantitative estimate of drug-likeness (QED) is 0.627. The van der Waals surface area contributed by atoms with Gasteiger partial charge < -0.3 is 10.4 Å². The minimum absolute atomic E-state index is 0.00152. The smallest absolute Gasteiger partial charge is 0.404 e. The third kappa shape index (κ3) is 4.22. The summed E-state index contributed by atoms with van der Waals surface area (Å²) >= 11 is 0. The summed E-state index contributed by atoms with van der Waals surface area (Å²) in [5, 5.41) is 23.5. The molecule has 0 radical (unpaired) electrons. The lowest BCUT2D eigenvalue weighted by molar-refractivity contribution is 0.194. The molecule has 148 valence electrons. The second-order valence-corrected chi connectivity index (χ2v) is 7.71. The maximum atomic E-state index is 14.3. The minimum atomic E-state index is -4.15. The van der Waals surface area contributed by atoms with E-state index >= 15 is 0 Å². The molecule has 1 amide bonds. The van der Waals surface area contributed by atoms with E-state index in [1.165, 1.54) is 42.5 Å². The number of nitrogens with one attached hydrogen (secondary N) is 1. The Labute approximate surface area is 165 Å². The van der Waals surface area contributed by atoms with Gasteiger partial charge >= 0.3 is 6.09 Å². The Hall–Kier alpha value is -3.78. The molecular formula is C18H14FN5O4S. The van der Waals surface area contributed by atoms with Gasteiger partial charge in [0.1, 0.15) is 23.3 Å². The first kappa shape index (κ1) is 20.0. The number of pyridine rings is 1. The average molecular weight is 415 g/mol. The zero-order chi connectivity index (χ0) is 21.0. The van der Waals surface area contributed by atoms with Crippen LogP contribution in [0.3, 0.4) is 0 Å². The van der Waals surface area contributed by atoms with Crippen molar-refractivity contribution in [2.24, 2.45) is 0 Å². The molecular weight excluding hydrogens is 401 g/mol. The number of rotatable bonds is 6. The molecule has 29 heavy (non-hydrogen) atoms. The number of nitrogens with zero attached hydrogens (tertiary/aromatic N) is 4. The molecule has 3 rings (SSSR count). The molecule has 0 spiro atoms. The van der Waals surface area contributed by atoms with Crippen LogP contribution in [-0.4, -0.2) is 40.9 Å². The largest absolute Gasteiger partial charge is 0.465 e. The Balaban J connectivity index is 2.10. The van der Waals surface area contributed by atoms with Gasteiger partial charge in [0.25, 0.3) is 0 Å². The van der Waals surface area contributed by atoms with Gasteiger partial charge in [0.15, 0.2) is 5.03 Å². The van der Waals surface area contributed by atoms with Gasteiger partial charge in [-0.3, -0.25) is 0 Å². The fourth-order valence-electron chi connectivity index (χ4n) is 2.54. The minimum Gasteiger partial charge on any atom is -0.465 e. The molecule has 11 heteroatoms. The average Bonchev–Trinajstić information content (AvgIpc) is 3.13. The van der Waals surface area contributed by atoms with Gasteiger partial charge in [0.2, 0.25) is 9.84 Å². The van der Waals surface area contributed by atoms with Gasteiger partial charge in [-0.2, -0.15) is 10.4 Å². The van der Waals surface area contributed by atoms with E-state index in [4.69, 9.17) is 10.4 Å². The third-order valence-corrected chi connectivity index (χ3v) is 5.61. The highest BCUT2D eigenvalue weighted by Crippen LogP contribution is 2.25. The molecule has 0 aliphatic carbocycles. The fourth-order valence-corrected chi connectivity index (χ4v) is 3.88. The molecule has 0 unspecified atom stereocenters. The zero-order valence-corrected chi connectivity index (χ0v) is 15.6. The van der Waals surface area contributed by atoms with Crippen LogP contribution in [0.1, 0.15) is 11.4 Å². The Kier molecular flexibility index (Phi) is 5.56. The van der Waals surface area contributed by atoms with Crippen molar-refractivity contribution < 1.29 is 22.7 Å². The van der Waals surface area contributed by atoms with Crippen LogP contribution in [-0.2, 0) is 16.3 Å². The summed E-state index contributed by atoms with van der Waals surface area (Å²) in [5.74, 6) is -0.680. The summed E-state index contributed by atoms with van der Waals surface area (Å²) in [5.41, 5.74) is 0.222. The van der Waals surface area contributed by atoms with Crippen LogP contribution in [0.15, 0.2) is 58.6 Å². The van der Waals surface area contributed by atoms with Crippen LogP contribution >= 0.6 is 0 Å². The van der Waals surface area contributed by atoms with Crippen molar-refractivity contribution in [3.63, 3.8) is 0 Å². The van der Waals surface area contributed by atoms with Crippen molar-refractivity contribution in [2.45, 2.75) is 16.3 Å². The predicted molar refractivity (Wildman–Crippen MR) is 97.7 cm³/mol. The van der Waals surface area contributed by atoms with Gasteiger partial charge in [-0.25, -0.2) is 27.3 Å². The Morgan fingerprint density at radius 3 is 2.66 bits per heavy atom. The summed E-state index contributed by atoms with van der Waals surface area (Å²) in [6.07, 6.45) is -0.0878. The molecule has 1 aromatic carbocycles. The van der Waals surface area contributed by atoms with Crippen molar-refractivity contribution in [3.05, 3.63) is 65.9 Å². The maximum absolute atomic E-state index is 14.3. The lowest BCUT2D eigenvalue weighted by atomic mass is 10.3. The lowest BCUT2D eigenvalue weighted by Gasteiger charge is -2.09. The van der Waals surface area contributed by atoms with E-state index in [2.05, 4.69) is 15.4 Å². The van der Waals surface area contributed by atoms with Crippen LogP contribution in [0.5, 0.6) is 0 Å². The van der Waals surface area contributed by atoms with Gasteiger partial charge in [0, 0.05) is 19.2 Å². The number of aromatic nitrogens is 3. The van der Waals surface area contributed by atoms with Crippen LogP contribution in [0.4, 0.5) is 9.18 Å². The van der Waals surface area contributed by atoms with Gasteiger partial charge in [-0.05, 0) is 30.3 Å².